The molecule has 0 aliphatic rings. The summed E-state index contributed by atoms with van der Waals surface area (Å²) in [6, 6.07) is 0. The fourth-order valence-corrected chi connectivity index (χ4v) is 0. The summed E-state index contributed by atoms with van der Waals surface area (Å²) in [7, 11) is 0. The molecule has 0 fully saturated rings. The van der Waals surface area contributed by atoms with Gasteiger partial charge in [-0.05, 0) is 0 Å². The van der Waals surface area contributed by atoms with Crippen LogP contribution in [0.15, 0.2) is 0 Å². The summed E-state index contributed by atoms with van der Waals surface area (Å²) in [5.41, 5.74) is 0. The first-order valence-electron chi connectivity index (χ1n) is 0.532. The van der Waals surface area contributed by atoms with E-state index in [0.29, 0.717) is 0 Å². The first-order valence-corrected chi connectivity index (χ1v) is 3.57. The van der Waals surface area contributed by atoms with Crippen molar-refractivity contribution < 1.29 is 28.6 Å². The van der Waals surface area contributed by atoms with Gasteiger partial charge in [0.2, 0.25) is 0 Å². The zero-order valence-electron chi connectivity index (χ0n) is 2.16. The van der Waals surface area contributed by atoms with E-state index in [4.69, 9.17) is 10.0 Å². The second-order valence-electron chi connectivity index (χ2n) is 0.231. The van der Waals surface area contributed by atoms with Gasteiger partial charge in [0.15, 0.2) is 0 Å². The Kier molecular flexibility index (Phi) is 9.61. The van der Waals surface area contributed by atoms with Gasteiger partial charge in [0.25, 0.3) is 0 Å². The van der Waals surface area contributed by atoms with Crippen molar-refractivity contribution in [1.29, 1.82) is 0 Å². The molecule has 1 radical (unpaired) electrons. The summed E-state index contributed by atoms with van der Waals surface area (Å²) in [6.07, 6.45) is 0. The van der Waals surface area contributed by atoms with Crippen LogP contribution in [0.25, 0.3) is 0 Å². The van der Waals surface area contributed by atoms with Crippen LogP contribution in [-0.2, 0) is 21.7 Å². The molecule has 0 heterocycles. The quantitative estimate of drug-likeness (QED) is 0.490. The minimum absolute atomic E-state index is 0. The minimum Gasteiger partial charge on any atom is 0 e. The van der Waals surface area contributed by atoms with Gasteiger partial charge >= 0.3 is 30.4 Å². The van der Waals surface area contributed by atoms with Gasteiger partial charge in [-0.3, -0.25) is 0 Å². The van der Waals surface area contributed by atoms with E-state index in [9.17, 15) is 0 Å². The third-order valence-corrected chi connectivity index (χ3v) is 0. The zero-order valence-corrected chi connectivity index (χ0v) is 5.89. The number of rotatable bonds is 0. The van der Waals surface area contributed by atoms with E-state index in [-0.39, 0.29) is 18.6 Å². The molecule has 31 valence electrons. The van der Waals surface area contributed by atoms with Crippen molar-refractivity contribution in [3.63, 3.8) is 0 Å². The molecule has 0 saturated carbocycles. The molecule has 0 aromatic rings. The van der Waals surface area contributed by atoms with Gasteiger partial charge in [-0.2, -0.15) is 0 Å². The van der Waals surface area contributed by atoms with Gasteiger partial charge in [-0.25, -0.2) is 0 Å². The SMILES string of the molecule is O=[Te](O)O.[V]. The van der Waals surface area contributed by atoms with Crippen LogP contribution in [0.1, 0.15) is 0 Å². The van der Waals surface area contributed by atoms with E-state index < -0.39 is 20.4 Å². The molecule has 0 saturated heterocycles. The Hall–Kier alpha value is 1.09. The predicted octanol–water partition coefficient (Wildman–Crippen LogP) is -1.62. The average Bonchev–Trinajstić information content (AvgIpc) is 0.811. The molecular weight excluding hydrogens is 227 g/mol. The Bertz CT molecular complexity index is 29.9. The second kappa shape index (κ2) is 5.09. The fraction of sp³-hybridized carbons (Fsp3) is 0. The molecule has 0 aromatic heterocycles. The summed E-state index contributed by atoms with van der Waals surface area (Å²) < 4.78 is 23.3. The van der Waals surface area contributed by atoms with Crippen LogP contribution in [-0.4, -0.2) is 27.3 Å². The molecule has 0 rings (SSSR count). The van der Waals surface area contributed by atoms with E-state index in [0.717, 1.165) is 0 Å². The average molecular weight is 229 g/mol. The second-order valence-corrected chi connectivity index (χ2v) is 1.55. The van der Waals surface area contributed by atoms with Crippen molar-refractivity contribution >= 4 is 20.4 Å². The van der Waals surface area contributed by atoms with Crippen molar-refractivity contribution in [2.75, 3.05) is 0 Å². The van der Waals surface area contributed by atoms with Crippen molar-refractivity contribution in [2.24, 2.45) is 0 Å². The van der Waals surface area contributed by atoms with E-state index in [1.807, 2.05) is 0 Å². The largest absolute Gasteiger partial charge is 0 e. The van der Waals surface area contributed by atoms with Crippen LogP contribution >= 0.6 is 0 Å². The van der Waals surface area contributed by atoms with Crippen molar-refractivity contribution in [2.45, 2.75) is 0 Å². The van der Waals surface area contributed by atoms with Crippen LogP contribution in [0.4, 0.5) is 0 Å². The van der Waals surface area contributed by atoms with Crippen LogP contribution in [0.3, 0.4) is 0 Å². The van der Waals surface area contributed by atoms with Crippen LogP contribution < -0.4 is 0 Å². The Morgan fingerprint density at radius 3 is 1.40 bits per heavy atom. The minimum atomic E-state index is -3.61. The van der Waals surface area contributed by atoms with E-state index in [2.05, 4.69) is 0 Å². The molecular formula is H2O3TeV. The van der Waals surface area contributed by atoms with E-state index >= 15 is 0 Å². The Labute approximate surface area is 49.0 Å². The first kappa shape index (κ1) is 9.43. The molecule has 0 aliphatic carbocycles. The fourth-order valence-electron chi connectivity index (χ4n) is 0. The maximum atomic E-state index is 8.81. The normalized spacial score (nSPS) is 7.00. The molecule has 0 aliphatic heterocycles. The number of hydrogen-bond acceptors (Lipinski definition) is 1. The maximum Gasteiger partial charge on any atom is 0 e. The van der Waals surface area contributed by atoms with Gasteiger partial charge in [0.1, 0.15) is 0 Å². The number of hydrogen-bond donors (Lipinski definition) is 2. The Balaban J connectivity index is 0. The van der Waals surface area contributed by atoms with Crippen LogP contribution in [0.5, 0.6) is 0 Å². The van der Waals surface area contributed by atoms with Gasteiger partial charge in [0, 0.05) is 18.6 Å². The molecule has 0 bridgehead atoms. The van der Waals surface area contributed by atoms with Crippen molar-refractivity contribution in [3.05, 3.63) is 0 Å². The first-order chi connectivity index (χ1) is 1.73. The molecule has 0 aromatic carbocycles. The zero-order chi connectivity index (χ0) is 3.58. The van der Waals surface area contributed by atoms with Crippen LogP contribution in [0.2, 0.25) is 0 Å². The molecule has 0 amide bonds. The predicted molar refractivity (Wildman–Crippen MR) is 10.9 cm³/mol. The summed E-state index contributed by atoms with van der Waals surface area (Å²) in [5.74, 6) is 0. The Morgan fingerprint density at radius 2 is 1.40 bits per heavy atom. The van der Waals surface area contributed by atoms with Crippen molar-refractivity contribution in [3.8, 4) is 0 Å². The molecule has 3 nitrogen and oxygen atoms in total. The molecule has 5 heavy (non-hydrogen) atoms. The molecule has 0 atom stereocenters. The van der Waals surface area contributed by atoms with Gasteiger partial charge < -0.3 is 0 Å². The Morgan fingerprint density at radius 1 is 1.40 bits per heavy atom. The smallest absolute Gasteiger partial charge is 0 e. The van der Waals surface area contributed by atoms with Gasteiger partial charge in [-0.1, -0.05) is 0 Å². The summed E-state index contributed by atoms with van der Waals surface area (Å²) in [6.45, 7) is 0. The van der Waals surface area contributed by atoms with Crippen LogP contribution in [0, 0.1) is 0 Å². The summed E-state index contributed by atoms with van der Waals surface area (Å²) in [5, 5.41) is 0. The summed E-state index contributed by atoms with van der Waals surface area (Å²) >= 11 is -3.61. The topological polar surface area (TPSA) is 57.5 Å². The summed E-state index contributed by atoms with van der Waals surface area (Å²) in [4.78, 5) is 0. The molecule has 0 spiro atoms. The van der Waals surface area contributed by atoms with E-state index in [1.165, 1.54) is 0 Å². The van der Waals surface area contributed by atoms with E-state index in [1.54, 1.807) is 0 Å². The third kappa shape index (κ3) is 40.7. The molecule has 2 N–H and O–H groups in total. The molecule has 0 unspecified atom stereocenters. The maximum absolute atomic E-state index is 8.81. The molecule has 5 heteroatoms. The van der Waals surface area contributed by atoms with Gasteiger partial charge in [0.05, 0.1) is 0 Å². The van der Waals surface area contributed by atoms with Gasteiger partial charge in [-0.15, -0.1) is 0 Å². The standard InChI is InChI=1S/H2O3Te.V/c1-4(2)3;/h(H2,1,2,3);. The monoisotopic (exact) mass is 231 g/mol. The third-order valence-electron chi connectivity index (χ3n) is 0. The van der Waals surface area contributed by atoms with Crippen molar-refractivity contribution in [1.82, 2.24) is 0 Å².